The summed E-state index contributed by atoms with van der Waals surface area (Å²) < 4.78 is 42.2. The monoisotopic (exact) mass is 1930 g/mol. The number of amides is 1. The molecule has 0 bridgehead atoms. The first-order valence-corrected chi connectivity index (χ1v) is 44.4. The highest BCUT2D eigenvalue weighted by molar-refractivity contribution is 9.11. The van der Waals surface area contributed by atoms with E-state index in [4.69, 9.17) is 5.73 Å². The number of primary amides is 1. The molecule has 9 nitrogen and oxygen atoms in total. The Balaban J connectivity index is 0.000000639. The van der Waals surface area contributed by atoms with Gasteiger partial charge in [0.1, 0.15) is 5.82 Å². The van der Waals surface area contributed by atoms with Crippen LogP contribution < -0.4 is 5.73 Å². The van der Waals surface area contributed by atoms with E-state index in [-0.39, 0.29) is 55.5 Å². The summed E-state index contributed by atoms with van der Waals surface area (Å²) in [4.78, 5) is 60.2. The van der Waals surface area contributed by atoms with Gasteiger partial charge >= 0.3 is 0 Å². The van der Waals surface area contributed by atoms with Gasteiger partial charge in [0.25, 0.3) is 0 Å². The minimum atomic E-state index is -3.56. The van der Waals surface area contributed by atoms with Gasteiger partial charge in [-0.25, -0.2) is 12.8 Å². The highest BCUT2D eigenvalue weighted by atomic mass is 79.9. The quantitative estimate of drug-likeness (QED) is 0.0683. The second-order valence-electron chi connectivity index (χ2n) is 28.8. The van der Waals surface area contributed by atoms with Gasteiger partial charge < -0.3 is 10.8 Å². The number of hydrogen-bond acceptors (Lipinski definition) is 12. The highest BCUT2D eigenvalue weighted by Crippen LogP contribution is 2.44. The number of Topliss-reactive ketones (excluding diaryl/α,β-unsaturated/α-hetero) is 4. The minimum Gasteiger partial charge on any atom is -0.386 e. The number of hydrogen-bond donors (Lipinski definition) is 4. The van der Waals surface area contributed by atoms with Crippen molar-refractivity contribution in [1.29, 1.82) is 0 Å². The van der Waals surface area contributed by atoms with E-state index in [0.29, 0.717) is 21.9 Å². The third-order valence-electron chi connectivity index (χ3n) is 15.5. The van der Waals surface area contributed by atoms with Gasteiger partial charge in [-0.2, -0.15) is 12.6 Å². The van der Waals surface area contributed by atoms with E-state index < -0.39 is 15.4 Å². The Morgan fingerprint density at radius 1 is 0.464 bits per heavy atom. The second kappa shape index (κ2) is 52.5. The zero-order valence-electron chi connectivity index (χ0n) is 67.6. The van der Waals surface area contributed by atoms with Crippen LogP contribution in [0.4, 0.5) is 4.39 Å². The van der Waals surface area contributed by atoms with Crippen molar-refractivity contribution in [2.45, 2.75) is 189 Å². The van der Waals surface area contributed by atoms with Crippen molar-refractivity contribution in [1.82, 2.24) is 0 Å². The molecule has 10 aromatic rings. The molecule has 1 aliphatic rings. The first-order chi connectivity index (χ1) is 52.3. The van der Waals surface area contributed by atoms with Crippen molar-refractivity contribution in [3.05, 3.63) is 310 Å². The molecule has 0 unspecified atom stereocenters. The molecule has 0 heterocycles. The highest BCUT2D eigenvalue weighted by Gasteiger charge is 2.33. The lowest BCUT2D eigenvalue weighted by molar-refractivity contribution is -0.119. The zero-order chi connectivity index (χ0) is 85.3. The van der Waals surface area contributed by atoms with Gasteiger partial charge in [-0.05, 0) is 269 Å². The van der Waals surface area contributed by atoms with Crippen LogP contribution in [0.25, 0.3) is 0 Å². The fourth-order valence-corrected chi connectivity index (χ4v) is 14.5. The SMILES string of the molecule is CC.CC(=O)c1ccc(Br)cc1.CC(=O)c1ccc(Br)cc1.CC(=O)c1ccc(Sc2ccccc2Br)cc1.CC(=O)c1ccc(Sc2ccccc2C)cc1.CC(C)(C)C1CC1.CC(C)(C)CC(N)=O.CC(C)(C)c1ccc(F)cc1.CC(C)(O)c1ccc(S(=O)(=O)c2ccccc2Br)cc1.CS.Sc1ccccc1Br. The van der Waals surface area contributed by atoms with E-state index in [0.717, 1.165) is 60.7 Å². The van der Waals surface area contributed by atoms with Gasteiger partial charge in [0, 0.05) is 75.5 Å². The zero-order valence-corrected chi connectivity index (χ0v) is 79.7. The fraction of sp³-hybridized carbons (Fsp3) is 0.293. The number of benzene rings is 10. The average molecular weight is 1940 g/mol. The molecule has 1 amide bonds. The van der Waals surface area contributed by atoms with Gasteiger partial charge in [0.2, 0.25) is 15.7 Å². The molecule has 0 saturated heterocycles. The van der Waals surface area contributed by atoms with E-state index in [1.807, 2.05) is 174 Å². The van der Waals surface area contributed by atoms with Crippen LogP contribution in [0.5, 0.6) is 0 Å². The van der Waals surface area contributed by atoms with Gasteiger partial charge in [0.05, 0.1) is 15.4 Å². The predicted molar refractivity (Wildman–Crippen MR) is 494 cm³/mol. The van der Waals surface area contributed by atoms with Crippen molar-refractivity contribution in [3.63, 3.8) is 0 Å². The number of thiol groups is 2. The van der Waals surface area contributed by atoms with Gasteiger partial charge in [-0.15, -0.1) is 12.6 Å². The molecule has 1 aliphatic carbocycles. The molecule has 0 radical (unpaired) electrons. The molecule has 11 rings (SSSR count). The van der Waals surface area contributed by atoms with Gasteiger partial charge in [-0.3, -0.25) is 24.0 Å². The third kappa shape index (κ3) is 43.1. The summed E-state index contributed by atoms with van der Waals surface area (Å²) in [5.41, 5.74) is 10.9. The molecule has 0 spiro atoms. The lowest BCUT2D eigenvalue weighted by Gasteiger charge is -2.18. The largest absolute Gasteiger partial charge is 0.386 e. The number of carbonyl (C=O) groups is 5. The standard InChI is InChI=1S/C15H15BrO3S.C15H14OS.C14H11BrOS.C10H13F.2C8H7BrO.C7H14.C6H5BrS.C6H13NO.C2H6.CH4S/c1-15(2,17)11-7-9-12(10-8-11)20(18,19)14-6-4-3-5-13(14)16;1-11-5-3-4-6-15(11)17-14-9-7-13(8-10-14)12(2)16;1-10(16)11-6-8-12(9-7-11)17-14-5-3-2-4-13(14)15;1-10(2,3)8-4-6-9(11)7-5-8;2*1-6(10)7-2-4-8(9)5-3-7;1-7(2,3)6-4-5-6;7-5-3-1-2-4-6(5)8;1-6(2,3)4-5(7)8;2*1-2/h3-10,17H,1-2H3;3-10H,1-2H3;2-9H,1H3;4-7H,1-3H3;2*2-5H,1H3;6H,4-5H2,1-3H3;1-4,8H;4H2,1-3H3,(H2,7,8);1-2H3;2H,1H3. The van der Waals surface area contributed by atoms with E-state index >= 15 is 0 Å². The Morgan fingerprint density at radius 2 is 0.804 bits per heavy atom. The molecule has 602 valence electrons. The van der Waals surface area contributed by atoms with Crippen LogP contribution >= 0.6 is 128 Å². The number of carbonyl (C=O) groups excluding carboxylic acids is 5. The molecule has 112 heavy (non-hydrogen) atoms. The predicted octanol–water partition coefficient (Wildman–Crippen LogP) is 28.7. The number of rotatable bonds is 12. The first kappa shape index (κ1) is 104. The Bertz CT molecular complexity index is 4420. The third-order valence-corrected chi connectivity index (χ3v) is 23.9. The Kier molecular flexibility index (Phi) is 48.8. The van der Waals surface area contributed by atoms with Gasteiger partial charge in [0.15, 0.2) is 23.1 Å². The maximum Gasteiger partial charge on any atom is 0.217 e. The van der Waals surface area contributed by atoms with Crippen LogP contribution in [-0.4, -0.2) is 48.8 Å². The first-order valence-electron chi connectivity index (χ1n) is 35.9. The summed E-state index contributed by atoms with van der Waals surface area (Å²) in [5.74, 6) is 1.07. The second-order valence-corrected chi connectivity index (χ2v) is 37.8. The molecule has 0 aliphatic heterocycles. The molecular formula is C92H109Br5FNO8S5. The number of aliphatic hydroxyl groups is 1. The summed E-state index contributed by atoms with van der Waals surface area (Å²) in [6.45, 7) is 35.0. The minimum absolute atomic E-state index is 0.0475. The normalized spacial score (nSPS) is 11.1. The molecule has 0 atom stereocenters. The topological polar surface area (TPSA) is 166 Å². The maximum absolute atomic E-state index is 12.5. The maximum atomic E-state index is 12.5. The lowest BCUT2D eigenvalue weighted by Crippen LogP contribution is -2.19. The van der Waals surface area contributed by atoms with E-state index in [2.05, 4.69) is 172 Å². The number of nitrogens with two attached hydrogens (primary N) is 1. The molecule has 3 N–H and O–H groups in total. The van der Waals surface area contributed by atoms with E-state index in [9.17, 15) is 41.9 Å². The Labute approximate surface area is 729 Å². The molecule has 20 heteroatoms. The van der Waals surface area contributed by atoms with Crippen LogP contribution in [0.3, 0.4) is 0 Å². The van der Waals surface area contributed by atoms with Crippen LogP contribution in [0.2, 0.25) is 0 Å². The van der Waals surface area contributed by atoms with Gasteiger partial charge in [-0.1, -0.05) is 259 Å². The van der Waals surface area contributed by atoms with Crippen LogP contribution in [0.1, 0.15) is 195 Å². The molecular weight excluding hydrogens is 1830 g/mol. The average Bonchev–Trinajstić information content (AvgIpc) is 0.885. The van der Waals surface area contributed by atoms with E-state index in [1.165, 1.54) is 58.0 Å². The smallest absolute Gasteiger partial charge is 0.217 e. The fourth-order valence-electron chi connectivity index (χ4n) is 9.04. The van der Waals surface area contributed by atoms with Crippen molar-refractivity contribution >= 4 is 167 Å². The number of sulfone groups is 1. The van der Waals surface area contributed by atoms with Crippen LogP contribution in [0.15, 0.2) is 299 Å². The summed E-state index contributed by atoms with van der Waals surface area (Å²) in [7, 11) is -3.56. The van der Waals surface area contributed by atoms with Crippen molar-refractivity contribution in [2.75, 3.05) is 6.26 Å². The lowest BCUT2D eigenvalue weighted by atomic mass is 9.87. The van der Waals surface area contributed by atoms with Crippen LogP contribution in [-0.2, 0) is 25.6 Å². The summed E-state index contributed by atoms with van der Waals surface area (Å²) in [5, 5.41) is 9.89. The molecule has 1 fully saturated rings. The van der Waals surface area contributed by atoms with Crippen molar-refractivity contribution < 1.29 is 41.9 Å². The van der Waals surface area contributed by atoms with Crippen molar-refractivity contribution in [3.8, 4) is 0 Å². The number of halogens is 6. The summed E-state index contributed by atoms with van der Waals surface area (Å²) >= 11 is 27.7. The van der Waals surface area contributed by atoms with Crippen LogP contribution in [0, 0.1) is 29.5 Å². The van der Waals surface area contributed by atoms with E-state index in [1.54, 1.807) is 132 Å². The molecule has 10 aromatic carbocycles. The summed E-state index contributed by atoms with van der Waals surface area (Å²) in [6, 6.07) is 73.9. The Morgan fingerprint density at radius 3 is 1.10 bits per heavy atom. The summed E-state index contributed by atoms with van der Waals surface area (Å²) in [6.07, 6.45) is 5.11. The Hall–Kier alpha value is -6.01. The van der Waals surface area contributed by atoms with Crippen molar-refractivity contribution in [2.24, 2.45) is 22.5 Å². The number of ketones is 4. The molecule has 1 saturated carbocycles. The number of aryl methyl sites for hydroxylation is 1. The molecule has 0 aromatic heterocycles.